The highest BCUT2D eigenvalue weighted by molar-refractivity contribution is 5.96. The van der Waals surface area contributed by atoms with E-state index in [2.05, 4.69) is 29.3 Å². The zero-order chi connectivity index (χ0) is 14.9. The van der Waals surface area contributed by atoms with E-state index < -0.39 is 0 Å². The lowest BCUT2D eigenvalue weighted by atomic mass is 9.98. The molecule has 0 aliphatic carbocycles. The molecule has 0 aromatic heterocycles. The molecule has 1 fully saturated rings. The Morgan fingerprint density at radius 2 is 2.10 bits per heavy atom. The van der Waals surface area contributed by atoms with Gasteiger partial charge in [-0.2, -0.15) is 0 Å². The second-order valence-electron chi connectivity index (χ2n) is 5.51. The number of hydrogen-bond donors (Lipinski definition) is 1. The fraction of sp³-hybridized carbons (Fsp3) is 0.529. The van der Waals surface area contributed by atoms with Gasteiger partial charge < -0.3 is 15.4 Å². The minimum Gasteiger partial charge on any atom is -0.347 e. The van der Waals surface area contributed by atoms with Gasteiger partial charge in [0.15, 0.2) is 0 Å². The topological polar surface area (TPSA) is 58.7 Å². The Bertz CT molecular complexity index is 458. The molecule has 1 saturated heterocycles. The first-order valence-electron chi connectivity index (χ1n) is 7.83. The van der Waals surface area contributed by atoms with Gasteiger partial charge in [0.25, 0.3) is 0 Å². The Morgan fingerprint density at radius 3 is 2.81 bits per heavy atom. The van der Waals surface area contributed by atoms with Gasteiger partial charge in [-0.25, -0.2) is 0 Å². The van der Waals surface area contributed by atoms with Gasteiger partial charge in [0.2, 0.25) is 0 Å². The molecule has 1 aliphatic heterocycles. The predicted octanol–water partition coefficient (Wildman–Crippen LogP) is 2.23. The number of nitrogens with zero attached hydrogens (tertiary/aromatic N) is 2. The summed E-state index contributed by atoms with van der Waals surface area (Å²) in [6, 6.07) is 10.5. The molecule has 1 atom stereocenters. The van der Waals surface area contributed by atoms with Crippen LogP contribution in [0.3, 0.4) is 0 Å². The average molecular weight is 287 g/mol. The lowest BCUT2D eigenvalue weighted by Crippen LogP contribution is -2.45. The smallest absolute Gasteiger partial charge is 0.130 e. The summed E-state index contributed by atoms with van der Waals surface area (Å²) in [5, 5.41) is 0. The summed E-state index contributed by atoms with van der Waals surface area (Å²) in [5.74, 6) is 0.842. The van der Waals surface area contributed by atoms with E-state index in [1.54, 1.807) is 0 Å². The number of carbonyl (C=O) groups excluding carboxylic acids is 1. The highest BCUT2D eigenvalue weighted by Gasteiger charge is 2.24. The van der Waals surface area contributed by atoms with Crippen LogP contribution in [0.1, 0.15) is 31.2 Å². The van der Waals surface area contributed by atoms with Gasteiger partial charge in [-0.05, 0) is 37.7 Å². The summed E-state index contributed by atoms with van der Waals surface area (Å²) >= 11 is 0. The van der Waals surface area contributed by atoms with E-state index in [0.29, 0.717) is 6.67 Å². The Hall–Kier alpha value is -1.68. The van der Waals surface area contributed by atoms with Crippen molar-refractivity contribution in [3.63, 3.8) is 0 Å². The number of carbonyl (C=O) groups is 1. The molecule has 114 valence electrons. The van der Waals surface area contributed by atoms with Crippen LogP contribution in [0.15, 0.2) is 35.3 Å². The van der Waals surface area contributed by atoms with Crippen LogP contribution in [-0.2, 0) is 11.2 Å². The fourth-order valence-corrected chi connectivity index (χ4v) is 2.79. The van der Waals surface area contributed by atoms with Crippen LogP contribution in [0.2, 0.25) is 0 Å². The van der Waals surface area contributed by atoms with Crippen molar-refractivity contribution in [2.45, 2.75) is 32.1 Å². The number of hydrogen-bond acceptors (Lipinski definition) is 3. The van der Waals surface area contributed by atoms with Crippen LogP contribution < -0.4 is 5.73 Å². The van der Waals surface area contributed by atoms with Gasteiger partial charge in [-0.3, -0.25) is 4.99 Å². The SMILES string of the molecule is NCN1CCCC(C=O)C1=NCCCCc1ccccc1. The largest absolute Gasteiger partial charge is 0.347 e. The third-order valence-electron chi connectivity index (χ3n) is 3.97. The maximum Gasteiger partial charge on any atom is 0.130 e. The van der Waals surface area contributed by atoms with Crippen molar-refractivity contribution in [1.82, 2.24) is 4.90 Å². The molecule has 1 aliphatic rings. The molecule has 2 N–H and O–H groups in total. The molecule has 21 heavy (non-hydrogen) atoms. The third-order valence-corrected chi connectivity index (χ3v) is 3.97. The van der Waals surface area contributed by atoms with E-state index in [4.69, 9.17) is 5.73 Å². The fourth-order valence-electron chi connectivity index (χ4n) is 2.79. The summed E-state index contributed by atoms with van der Waals surface area (Å²) in [5.41, 5.74) is 7.12. The highest BCUT2D eigenvalue weighted by atomic mass is 16.1. The van der Waals surface area contributed by atoms with E-state index in [0.717, 1.165) is 57.3 Å². The molecule has 1 unspecified atom stereocenters. The summed E-state index contributed by atoms with van der Waals surface area (Å²) < 4.78 is 0. The number of rotatable bonds is 7. The Morgan fingerprint density at radius 1 is 1.29 bits per heavy atom. The Labute approximate surface area is 127 Å². The summed E-state index contributed by atoms with van der Waals surface area (Å²) in [6.45, 7) is 2.15. The van der Waals surface area contributed by atoms with Crippen LogP contribution >= 0.6 is 0 Å². The van der Waals surface area contributed by atoms with E-state index in [-0.39, 0.29) is 5.92 Å². The standard InChI is InChI=1S/C17H25N3O/c18-14-20-12-6-10-16(13-21)17(20)19-11-5-4-9-15-7-2-1-3-8-15/h1-3,7-8,13,16H,4-6,9-12,14,18H2. The van der Waals surface area contributed by atoms with Crippen molar-refractivity contribution >= 4 is 12.1 Å². The molecule has 0 saturated carbocycles. The minimum atomic E-state index is -0.0589. The number of benzene rings is 1. The van der Waals surface area contributed by atoms with Crippen LogP contribution in [0.25, 0.3) is 0 Å². The summed E-state index contributed by atoms with van der Waals surface area (Å²) in [4.78, 5) is 17.8. The molecule has 2 rings (SSSR count). The van der Waals surface area contributed by atoms with Gasteiger partial charge in [0.05, 0.1) is 12.6 Å². The second kappa shape index (κ2) is 8.57. The highest BCUT2D eigenvalue weighted by Crippen LogP contribution is 2.17. The first-order valence-corrected chi connectivity index (χ1v) is 7.83. The zero-order valence-corrected chi connectivity index (χ0v) is 12.6. The maximum absolute atomic E-state index is 11.2. The van der Waals surface area contributed by atoms with Crippen molar-refractivity contribution in [2.75, 3.05) is 19.8 Å². The summed E-state index contributed by atoms with van der Waals surface area (Å²) in [6.07, 6.45) is 6.20. The van der Waals surface area contributed by atoms with Gasteiger partial charge in [0.1, 0.15) is 12.1 Å². The monoisotopic (exact) mass is 287 g/mol. The van der Waals surface area contributed by atoms with E-state index in [9.17, 15) is 4.79 Å². The molecule has 0 bridgehead atoms. The number of piperidine rings is 1. The van der Waals surface area contributed by atoms with Crippen molar-refractivity contribution in [1.29, 1.82) is 0 Å². The molecule has 1 aromatic carbocycles. The maximum atomic E-state index is 11.2. The van der Waals surface area contributed by atoms with Gasteiger partial charge in [-0.1, -0.05) is 30.3 Å². The molecule has 4 nitrogen and oxygen atoms in total. The minimum absolute atomic E-state index is 0.0589. The van der Waals surface area contributed by atoms with Crippen molar-refractivity contribution < 1.29 is 4.79 Å². The average Bonchev–Trinajstić information content (AvgIpc) is 2.55. The molecule has 0 spiro atoms. The second-order valence-corrected chi connectivity index (χ2v) is 5.51. The predicted molar refractivity (Wildman–Crippen MR) is 86.2 cm³/mol. The van der Waals surface area contributed by atoms with Gasteiger partial charge in [0, 0.05) is 13.1 Å². The Balaban J connectivity index is 1.79. The molecule has 4 heteroatoms. The molecule has 1 heterocycles. The van der Waals surface area contributed by atoms with Crippen LogP contribution in [0, 0.1) is 5.92 Å². The van der Waals surface area contributed by atoms with Crippen molar-refractivity contribution in [2.24, 2.45) is 16.6 Å². The van der Waals surface area contributed by atoms with Crippen LogP contribution in [0.4, 0.5) is 0 Å². The molecular formula is C17H25N3O. The lowest BCUT2D eigenvalue weighted by Gasteiger charge is -2.32. The van der Waals surface area contributed by atoms with Crippen molar-refractivity contribution in [3.8, 4) is 0 Å². The van der Waals surface area contributed by atoms with Crippen LogP contribution in [-0.4, -0.2) is 36.8 Å². The number of unbranched alkanes of at least 4 members (excludes halogenated alkanes) is 1. The molecule has 1 aromatic rings. The third kappa shape index (κ3) is 4.67. The van der Waals surface area contributed by atoms with E-state index in [1.165, 1.54) is 5.56 Å². The van der Waals surface area contributed by atoms with Gasteiger partial charge in [-0.15, -0.1) is 0 Å². The number of amidine groups is 1. The van der Waals surface area contributed by atoms with Gasteiger partial charge >= 0.3 is 0 Å². The van der Waals surface area contributed by atoms with Crippen molar-refractivity contribution in [3.05, 3.63) is 35.9 Å². The number of aldehydes is 1. The number of nitrogens with two attached hydrogens (primary N) is 1. The molecular weight excluding hydrogens is 262 g/mol. The molecule has 0 amide bonds. The zero-order valence-electron chi connectivity index (χ0n) is 12.6. The normalized spacial score (nSPS) is 20.7. The van der Waals surface area contributed by atoms with E-state index in [1.807, 2.05) is 11.0 Å². The number of aryl methyl sites for hydroxylation is 1. The number of likely N-dealkylation sites (tertiary alicyclic amines) is 1. The quantitative estimate of drug-likeness (QED) is 0.618. The van der Waals surface area contributed by atoms with Crippen LogP contribution in [0.5, 0.6) is 0 Å². The molecule has 0 radical (unpaired) electrons. The van der Waals surface area contributed by atoms with E-state index >= 15 is 0 Å². The Kier molecular flexibility index (Phi) is 6.41. The number of aliphatic imine (C=N–C) groups is 1. The first-order chi connectivity index (χ1) is 10.3. The first kappa shape index (κ1) is 15.7. The summed E-state index contributed by atoms with van der Waals surface area (Å²) in [7, 11) is 0. The lowest BCUT2D eigenvalue weighted by molar-refractivity contribution is -0.110.